The van der Waals surface area contributed by atoms with Crippen LogP contribution in [-0.2, 0) is 29.1 Å². The Labute approximate surface area is 189 Å². The maximum absolute atomic E-state index is 4.17. The Hall–Kier alpha value is -0.177. The third-order valence-corrected chi connectivity index (χ3v) is 4.00. The molecule has 4 rings (SSSR count). The third-order valence-electron chi connectivity index (χ3n) is 3.48. The van der Waals surface area contributed by atoms with Gasteiger partial charge in [0.2, 0.25) is 0 Å². The molecule has 0 fully saturated rings. The topological polar surface area (TPSA) is 0 Å². The number of fused-ring (bicyclic) bond motifs is 1. The fourth-order valence-electron chi connectivity index (χ4n) is 2.36. The molecule has 2 aliphatic carbocycles. The van der Waals surface area contributed by atoms with Crippen molar-refractivity contribution in [3.8, 4) is 0 Å². The molecule has 0 bridgehead atoms. The van der Waals surface area contributed by atoms with Gasteiger partial charge in [-0.25, -0.2) is 6.08 Å². The predicted octanol–water partition coefficient (Wildman–Crippen LogP) is 0.305. The van der Waals surface area contributed by atoms with Gasteiger partial charge in [0, 0.05) is 4.47 Å². The molecule has 5 heteroatoms. The van der Waals surface area contributed by atoms with E-state index in [1.54, 1.807) is 0 Å². The molecule has 128 valence electrons. The van der Waals surface area contributed by atoms with Gasteiger partial charge in [-0.1, -0.05) is 34.5 Å². The third kappa shape index (κ3) is 7.93. The molecule has 0 saturated carbocycles. The molecule has 2 aromatic rings. The molecular weight excluding hydrogens is 514 g/mol. The van der Waals surface area contributed by atoms with Crippen LogP contribution in [0.3, 0.4) is 0 Å². The summed E-state index contributed by atoms with van der Waals surface area (Å²) in [6.07, 6.45) is 13.7. The van der Waals surface area contributed by atoms with Gasteiger partial charge in [0.1, 0.15) is 0 Å². The standard InChI is InChI=1S/C11H8Br.C9H7.2ClH.S.Zr/c12-11-7-5-10(6-8-11)9-3-1-2-4-9;1-2-5-9-7-3-6-8(9)4-1;;;;/h3-8H,1H2;1-4,7H,6H2;2*1H;;/q2*-1;;;;+2/p-2. The van der Waals surface area contributed by atoms with Gasteiger partial charge in [0.15, 0.2) is 0 Å². The summed E-state index contributed by atoms with van der Waals surface area (Å²) in [7, 11) is 4.17. The zero-order valence-electron chi connectivity index (χ0n) is 13.3. The summed E-state index contributed by atoms with van der Waals surface area (Å²) in [5, 5.41) is 0. The second-order valence-corrected chi connectivity index (χ2v) is 5.85. The minimum absolute atomic E-state index is 0. The van der Waals surface area contributed by atoms with Crippen molar-refractivity contribution >= 4 is 36.4 Å². The summed E-state index contributed by atoms with van der Waals surface area (Å²) in [5.41, 5.74) is 5.21. The molecule has 0 aliphatic heterocycles. The molecule has 0 aromatic heterocycles. The first-order valence-corrected chi connectivity index (χ1v) is 11.4. The second kappa shape index (κ2) is 14.0. The SMILES string of the molecule is Brc1ccc(C2=CC[C-]=C2)cc1.[Cl-].[Cl-].[S]=[Zr+2].[c-]1cccc2c1C=CC2. The van der Waals surface area contributed by atoms with Crippen molar-refractivity contribution in [2.75, 3.05) is 0 Å². The maximum atomic E-state index is 4.17. The monoisotopic (exact) mass is 526 g/mol. The van der Waals surface area contributed by atoms with E-state index in [0.717, 1.165) is 40.0 Å². The van der Waals surface area contributed by atoms with Crippen LogP contribution in [0.15, 0.2) is 65.2 Å². The average molecular weight is 529 g/mol. The number of hydrogen-bond donors (Lipinski definition) is 0. The van der Waals surface area contributed by atoms with E-state index in [-0.39, 0.29) is 24.8 Å². The zero-order valence-corrected chi connectivity index (χ0v) is 19.7. The maximum Gasteiger partial charge on any atom is -0.0528 e. The van der Waals surface area contributed by atoms with Gasteiger partial charge in [-0.05, 0) is 12.1 Å². The largest absolute Gasteiger partial charge is 0.147 e. The minimum atomic E-state index is 0. The van der Waals surface area contributed by atoms with Crippen molar-refractivity contribution in [3.05, 3.63) is 94.0 Å². The normalized spacial score (nSPS) is 12.4. The molecule has 0 heterocycles. The van der Waals surface area contributed by atoms with Gasteiger partial charge in [0.25, 0.3) is 0 Å². The molecule has 0 atom stereocenters. The molecule has 0 amide bonds. The van der Waals surface area contributed by atoms with E-state index in [2.05, 4.69) is 85.5 Å². The van der Waals surface area contributed by atoms with E-state index in [1.807, 2.05) is 18.2 Å². The molecule has 0 radical (unpaired) electrons. The fourth-order valence-corrected chi connectivity index (χ4v) is 2.63. The molecule has 0 saturated heterocycles. The molecule has 2 aromatic carbocycles. The first-order chi connectivity index (χ1) is 11.3. The first-order valence-electron chi connectivity index (χ1n) is 7.22. The van der Waals surface area contributed by atoms with Crippen LogP contribution in [0.5, 0.6) is 0 Å². The van der Waals surface area contributed by atoms with Crippen LogP contribution in [0.25, 0.3) is 11.6 Å². The second-order valence-electron chi connectivity index (χ2n) is 4.93. The van der Waals surface area contributed by atoms with Crippen molar-refractivity contribution in [2.45, 2.75) is 12.8 Å². The summed E-state index contributed by atoms with van der Waals surface area (Å²) >= 11 is 4.54. The molecule has 2 aliphatic rings. The molecule has 0 unspecified atom stereocenters. The van der Waals surface area contributed by atoms with Crippen molar-refractivity contribution in [2.24, 2.45) is 0 Å². The Kier molecular flexibility index (Phi) is 13.9. The Morgan fingerprint density at radius 1 is 1.04 bits per heavy atom. The number of rotatable bonds is 1. The van der Waals surface area contributed by atoms with Gasteiger partial charge < -0.3 is 24.8 Å². The minimum Gasteiger partial charge on any atom is -0.147 e. The Morgan fingerprint density at radius 3 is 2.36 bits per heavy atom. The predicted molar refractivity (Wildman–Crippen MR) is 100 cm³/mol. The van der Waals surface area contributed by atoms with Crippen LogP contribution in [0, 0.1) is 12.1 Å². The smallest absolute Gasteiger partial charge is 0.0528 e. The average Bonchev–Trinajstić information content (AvgIpc) is 3.30. The summed E-state index contributed by atoms with van der Waals surface area (Å²) in [4.78, 5) is 0. The first kappa shape index (κ1) is 24.8. The van der Waals surface area contributed by atoms with Crippen LogP contribution >= 0.6 is 24.8 Å². The van der Waals surface area contributed by atoms with E-state index in [1.165, 1.54) is 22.3 Å². The summed E-state index contributed by atoms with van der Waals surface area (Å²) < 4.78 is 1.12. The quantitative estimate of drug-likeness (QED) is 0.480. The van der Waals surface area contributed by atoms with Crippen LogP contribution in [0.2, 0.25) is 0 Å². The number of benzene rings is 2. The van der Waals surface area contributed by atoms with E-state index < -0.39 is 0 Å². The Bertz CT molecular complexity index is 740. The Morgan fingerprint density at radius 2 is 1.76 bits per heavy atom. The van der Waals surface area contributed by atoms with Gasteiger partial charge in [0.05, 0.1) is 0 Å². The van der Waals surface area contributed by atoms with Gasteiger partial charge >= 0.3 is 31.5 Å². The van der Waals surface area contributed by atoms with E-state index in [0.29, 0.717) is 0 Å². The number of hydrogen-bond acceptors (Lipinski definition) is 1. The molecule has 0 N–H and O–H groups in total. The van der Waals surface area contributed by atoms with E-state index in [9.17, 15) is 0 Å². The van der Waals surface area contributed by atoms with E-state index >= 15 is 0 Å². The van der Waals surface area contributed by atoms with Crippen molar-refractivity contribution in [3.63, 3.8) is 0 Å². The molecule has 0 nitrogen and oxygen atoms in total. The summed E-state index contributed by atoms with van der Waals surface area (Å²) in [6.45, 7) is 0. The van der Waals surface area contributed by atoms with Gasteiger partial charge in [-0.15, -0.1) is 59.5 Å². The number of allylic oxidation sites excluding steroid dienone is 5. The van der Waals surface area contributed by atoms with Crippen molar-refractivity contribution in [1.29, 1.82) is 0 Å². The van der Waals surface area contributed by atoms with Crippen molar-refractivity contribution < 1.29 is 47.5 Å². The summed E-state index contributed by atoms with van der Waals surface area (Å²) in [5.74, 6) is 0. The van der Waals surface area contributed by atoms with Crippen LogP contribution in [0.4, 0.5) is 0 Å². The Balaban J connectivity index is 0.000000400. The molecule has 0 spiro atoms. The molecular formula is C20H15BrCl2SZr-2. The number of halogens is 3. The molecule has 25 heavy (non-hydrogen) atoms. The van der Waals surface area contributed by atoms with Crippen LogP contribution in [-0.4, -0.2) is 0 Å². The van der Waals surface area contributed by atoms with Gasteiger partial charge in [-0.3, -0.25) is 6.08 Å². The van der Waals surface area contributed by atoms with Crippen molar-refractivity contribution in [1.82, 2.24) is 0 Å². The zero-order chi connectivity index (χ0) is 16.5. The fraction of sp³-hybridized carbons (Fsp3) is 0.100. The van der Waals surface area contributed by atoms with Gasteiger partial charge in [-0.2, -0.15) is 11.6 Å². The van der Waals surface area contributed by atoms with E-state index in [4.69, 9.17) is 0 Å². The summed E-state index contributed by atoms with van der Waals surface area (Å²) in [6, 6.07) is 17.6. The van der Waals surface area contributed by atoms with Crippen LogP contribution in [0.1, 0.15) is 23.1 Å². The van der Waals surface area contributed by atoms with Crippen LogP contribution < -0.4 is 24.8 Å².